The maximum atomic E-state index is 13.0. The number of anilines is 1. The van der Waals surface area contributed by atoms with Crippen LogP contribution in [0, 0.1) is 11.6 Å². The van der Waals surface area contributed by atoms with Crippen molar-refractivity contribution in [3.63, 3.8) is 0 Å². The standard InChI is InChI=1S/C14H13F2N3O/c15-11-5-9(6-12(16)8-11)1-3-19-14(20)10-2-4-18-13(17)7-10/h2,4-8H,1,3H2,(H2,17,18)(H,19,20). The van der Waals surface area contributed by atoms with Crippen molar-refractivity contribution >= 4 is 11.7 Å². The number of carbonyl (C=O) groups excluding carboxylic acids is 1. The van der Waals surface area contributed by atoms with Crippen molar-refractivity contribution in [2.24, 2.45) is 0 Å². The first kappa shape index (κ1) is 13.9. The summed E-state index contributed by atoms with van der Waals surface area (Å²) in [5, 5.41) is 2.65. The molecule has 0 fully saturated rings. The average molecular weight is 277 g/mol. The Morgan fingerprint density at radius 3 is 2.55 bits per heavy atom. The fourth-order valence-corrected chi connectivity index (χ4v) is 1.77. The summed E-state index contributed by atoms with van der Waals surface area (Å²) in [4.78, 5) is 15.6. The lowest BCUT2D eigenvalue weighted by Crippen LogP contribution is -2.25. The van der Waals surface area contributed by atoms with E-state index < -0.39 is 11.6 Å². The number of carbonyl (C=O) groups is 1. The molecule has 20 heavy (non-hydrogen) atoms. The number of nitrogen functional groups attached to an aromatic ring is 1. The molecule has 0 atom stereocenters. The highest BCUT2D eigenvalue weighted by atomic mass is 19.1. The molecule has 1 heterocycles. The smallest absolute Gasteiger partial charge is 0.251 e. The fourth-order valence-electron chi connectivity index (χ4n) is 1.77. The van der Waals surface area contributed by atoms with Crippen LogP contribution < -0.4 is 11.1 Å². The Morgan fingerprint density at radius 1 is 1.20 bits per heavy atom. The van der Waals surface area contributed by atoms with Crippen molar-refractivity contribution in [1.82, 2.24) is 10.3 Å². The minimum Gasteiger partial charge on any atom is -0.384 e. The van der Waals surface area contributed by atoms with E-state index in [1.807, 2.05) is 0 Å². The summed E-state index contributed by atoms with van der Waals surface area (Å²) >= 11 is 0. The number of halogens is 2. The summed E-state index contributed by atoms with van der Waals surface area (Å²) in [5.74, 6) is -1.32. The first-order valence-electron chi connectivity index (χ1n) is 5.99. The molecule has 0 radical (unpaired) electrons. The first-order valence-corrected chi connectivity index (χ1v) is 5.99. The van der Waals surface area contributed by atoms with Crippen LogP contribution in [0.15, 0.2) is 36.5 Å². The molecular weight excluding hydrogens is 264 g/mol. The third kappa shape index (κ3) is 3.74. The summed E-state index contributed by atoms with van der Waals surface area (Å²) < 4.78 is 26.0. The van der Waals surface area contributed by atoms with Gasteiger partial charge in [0.15, 0.2) is 0 Å². The molecular formula is C14H13F2N3O. The molecule has 0 aliphatic rings. The van der Waals surface area contributed by atoms with Crippen LogP contribution in [0.3, 0.4) is 0 Å². The minimum atomic E-state index is -0.631. The van der Waals surface area contributed by atoms with Gasteiger partial charge in [0, 0.05) is 24.4 Å². The predicted octanol–water partition coefficient (Wildman–Crippen LogP) is 1.91. The minimum absolute atomic E-state index is 0.254. The van der Waals surface area contributed by atoms with Gasteiger partial charge in [0.2, 0.25) is 0 Å². The highest BCUT2D eigenvalue weighted by molar-refractivity contribution is 5.94. The SMILES string of the molecule is Nc1cc(C(=O)NCCc2cc(F)cc(F)c2)ccn1. The van der Waals surface area contributed by atoms with E-state index in [1.165, 1.54) is 30.5 Å². The summed E-state index contributed by atoms with van der Waals surface area (Å²) in [7, 11) is 0. The first-order chi connectivity index (χ1) is 9.54. The lowest BCUT2D eigenvalue weighted by molar-refractivity contribution is 0.0954. The van der Waals surface area contributed by atoms with Crippen LogP contribution in [0.25, 0.3) is 0 Å². The van der Waals surface area contributed by atoms with Gasteiger partial charge < -0.3 is 11.1 Å². The predicted molar refractivity (Wildman–Crippen MR) is 71.0 cm³/mol. The molecule has 0 aliphatic heterocycles. The number of nitrogens with one attached hydrogen (secondary N) is 1. The van der Waals surface area contributed by atoms with Gasteiger partial charge in [-0.15, -0.1) is 0 Å². The largest absolute Gasteiger partial charge is 0.384 e. The second-order valence-electron chi connectivity index (χ2n) is 4.25. The lowest BCUT2D eigenvalue weighted by atomic mass is 10.1. The third-order valence-corrected chi connectivity index (χ3v) is 2.66. The summed E-state index contributed by atoms with van der Waals surface area (Å²) in [6.07, 6.45) is 1.77. The maximum Gasteiger partial charge on any atom is 0.251 e. The third-order valence-electron chi connectivity index (χ3n) is 2.66. The molecule has 2 aromatic rings. The van der Waals surface area contributed by atoms with Crippen LogP contribution in [0.5, 0.6) is 0 Å². The molecule has 0 saturated heterocycles. The molecule has 0 spiro atoms. The topological polar surface area (TPSA) is 68.0 Å². The quantitative estimate of drug-likeness (QED) is 0.897. The Balaban J connectivity index is 1.91. The van der Waals surface area contributed by atoms with E-state index in [1.54, 1.807) is 0 Å². The second kappa shape index (κ2) is 6.10. The van der Waals surface area contributed by atoms with Crippen molar-refractivity contribution in [3.05, 3.63) is 59.3 Å². The van der Waals surface area contributed by atoms with Crippen LogP contribution in [-0.2, 0) is 6.42 Å². The molecule has 4 nitrogen and oxygen atoms in total. The van der Waals surface area contributed by atoms with Crippen molar-refractivity contribution < 1.29 is 13.6 Å². The second-order valence-corrected chi connectivity index (χ2v) is 4.25. The number of benzene rings is 1. The van der Waals surface area contributed by atoms with Crippen LogP contribution in [-0.4, -0.2) is 17.4 Å². The monoisotopic (exact) mass is 277 g/mol. The van der Waals surface area contributed by atoms with Crippen LogP contribution in [0.2, 0.25) is 0 Å². The van der Waals surface area contributed by atoms with Crippen molar-refractivity contribution in [1.29, 1.82) is 0 Å². The van der Waals surface area contributed by atoms with Crippen molar-refractivity contribution in [2.45, 2.75) is 6.42 Å². The number of hydrogen-bond acceptors (Lipinski definition) is 3. The molecule has 0 bridgehead atoms. The van der Waals surface area contributed by atoms with Crippen LogP contribution in [0.1, 0.15) is 15.9 Å². The number of pyridine rings is 1. The van der Waals surface area contributed by atoms with E-state index in [0.717, 1.165) is 6.07 Å². The van der Waals surface area contributed by atoms with Gasteiger partial charge in [0.1, 0.15) is 17.5 Å². The molecule has 1 aromatic heterocycles. The van der Waals surface area contributed by atoms with Crippen molar-refractivity contribution in [3.8, 4) is 0 Å². The van der Waals surface area contributed by atoms with E-state index in [0.29, 0.717) is 17.5 Å². The average Bonchev–Trinajstić information content (AvgIpc) is 2.37. The van der Waals surface area contributed by atoms with Crippen LogP contribution in [0.4, 0.5) is 14.6 Å². The van der Waals surface area contributed by atoms with Crippen LogP contribution >= 0.6 is 0 Å². The molecule has 1 amide bonds. The fraction of sp³-hybridized carbons (Fsp3) is 0.143. The molecule has 6 heteroatoms. The molecule has 0 saturated carbocycles. The van der Waals surface area contributed by atoms with E-state index in [2.05, 4.69) is 10.3 Å². The van der Waals surface area contributed by atoms with E-state index >= 15 is 0 Å². The zero-order valence-corrected chi connectivity index (χ0v) is 10.6. The molecule has 1 aromatic carbocycles. The van der Waals surface area contributed by atoms with Gasteiger partial charge in [0.05, 0.1) is 0 Å². The van der Waals surface area contributed by atoms with Gasteiger partial charge in [-0.3, -0.25) is 4.79 Å². The number of nitrogens with two attached hydrogens (primary N) is 1. The zero-order valence-electron chi connectivity index (χ0n) is 10.6. The molecule has 0 aliphatic carbocycles. The Morgan fingerprint density at radius 2 is 1.90 bits per heavy atom. The lowest BCUT2D eigenvalue weighted by Gasteiger charge is -2.06. The number of rotatable bonds is 4. The normalized spacial score (nSPS) is 10.3. The summed E-state index contributed by atoms with van der Waals surface area (Å²) in [6.45, 7) is 0.268. The van der Waals surface area contributed by atoms with E-state index in [-0.39, 0.29) is 18.3 Å². The Kier molecular flexibility index (Phi) is 4.24. The molecule has 0 unspecified atom stereocenters. The number of nitrogens with zero attached hydrogens (tertiary/aromatic N) is 1. The van der Waals surface area contributed by atoms with Gasteiger partial charge in [0.25, 0.3) is 5.91 Å². The summed E-state index contributed by atoms with van der Waals surface area (Å²) in [5.41, 5.74) is 6.35. The van der Waals surface area contributed by atoms with E-state index in [4.69, 9.17) is 5.73 Å². The Bertz CT molecular complexity index is 611. The summed E-state index contributed by atoms with van der Waals surface area (Å²) in [6, 6.07) is 6.27. The molecule has 3 N–H and O–H groups in total. The van der Waals surface area contributed by atoms with Gasteiger partial charge in [-0.1, -0.05) is 0 Å². The highest BCUT2D eigenvalue weighted by Gasteiger charge is 2.06. The number of hydrogen-bond donors (Lipinski definition) is 2. The van der Waals surface area contributed by atoms with Gasteiger partial charge in [-0.25, -0.2) is 13.8 Å². The van der Waals surface area contributed by atoms with Gasteiger partial charge in [-0.2, -0.15) is 0 Å². The van der Waals surface area contributed by atoms with E-state index in [9.17, 15) is 13.6 Å². The van der Waals surface area contributed by atoms with Gasteiger partial charge >= 0.3 is 0 Å². The number of amides is 1. The van der Waals surface area contributed by atoms with Crippen molar-refractivity contribution in [2.75, 3.05) is 12.3 Å². The number of aromatic nitrogens is 1. The Hall–Kier alpha value is -2.50. The maximum absolute atomic E-state index is 13.0. The molecule has 104 valence electrons. The Labute approximate surface area is 114 Å². The highest BCUT2D eigenvalue weighted by Crippen LogP contribution is 2.08. The van der Waals surface area contributed by atoms with Gasteiger partial charge in [-0.05, 0) is 36.2 Å². The molecule has 2 rings (SSSR count). The zero-order chi connectivity index (χ0) is 14.5.